The fraction of sp³-hybridized carbons (Fsp3) is 0.367. The second kappa shape index (κ2) is 12.1. The van der Waals surface area contributed by atoms with Crippen LogP contribution in [0.5, 0.6) is 11.6 Å². The number of carbonyl (C=O) groups is 2. The number of carbonyl (C=O) groups excluding carboxylic acids is 2. The van der Waals surface area contributed by atoms with Gasteiger partial charge in [0, 0.05) is 31.3 Å². The van der Waals surface area contributed by atoms with Crippen molar-refractivity contribution in [2.24, 2.45) is 5.92 Å². The molecule has 4 rings (SSSR count). The van der Waals surface area contributed by atoms with Crippen LogP contribution in [-0.2, 0) is 11.2 Å². The van der Waals surface area contributed by atoms with Crippen molar-refractivity contribution in [1.29, 1.82) is 0 Å². The molecule has 8 heteroatoms. The molecule has 0 unspecified atom stereocenters. The third-order valence-corrected chi connectivity index (χ3v) is 7.02. The van der Waals surface area contributed by atoms with Gasteiger partial charge in [0.15, 0.2) is 0 Å². The number of ether oxygens (including phenoxy) is 2. The number of likely N-dealkylation sites (N-methyl/N-ethyl adjacent to an activating group) is 1. The molecular weight excluding hydrogens is 482 g/mol. The largest absolute Gasteiger partial charge is 0.497 e. The molecule has 0 spiro atoms. The van der Waals surface area contributed by atoms with Gasteiger partial charge in [0.25, 0.3) is 5.91 Å². The Morgan fingerprint density at radius 1 is 1.18 bits per heavy atom. The van der Waals surface area contributed by atoms with Crippen LogP contribution in [0.4, 0.5) is 0 Å². The van der Waals surface area contributed by atoms with E-state index in [1.54, 1.807) is 36.2 Å². The third-order valence-electron chi connectivity index (χ3n) is 7.02. The van der Waals surface area contributed by atoms with E-state index in [0.717, 1.165) is 22.4 Å². The zero-order valence-electron chi connectivity index (χ0n) is 22.3. The number of fused-ring (bicyclic) bond motifs is 1. The number of aromatic nitrogens is 1. The predicted molar refractivity (Wildman–Crippen MR) is 145 cm³/mol. The maximum atomic E-state index is 13.7. The summed E-state index contributed by atoms with van der Waals surface area (Å²) >= 11 is 0. The van der Waals surface area contributed by atoms with E-state index in [0.29, 0.717) is 25.1 Å². The zero-order valence-corrected chi connectivity index (χ0v) is 22.3. The van der Waals surface area contributed by atoms with Crippen molar-refractivity contribution in [3.63, 3.8) is 0 Å². The first-order chi connectivity index (χ1) is 18.3. The molecule has 8 nitrogen and oxygen atoms in total. The monoisotopic (exact) mass is 517 g/mol. The van der Waals surface area contributed by atoms with E-state index in [-0.39, 0.29) is 30.2 Å². The molecule has 3 aromatic rings. The summed E-state index contributed by atoms with van der Waals surface area (Å²) in [6, 6.07) is 18.5. The van der Waals surface area contributed by atoms with Crippen molar-refractivity contribution in [2.45, 2.75) is 32.4 Å². The molecule has 0 saturated heterocycles. The smallest absolute Gasteiger partial charge is 0.259 e. The Kier molecular flexibility index (Phi) is 8.63. The van der Waals surface area contributed by atoms with Gasteiger partial charge in [-0.25, -0.2) is 4.98 Å². The summed E-state index contributed by atoms with van der Waals surface area (Å²) in [5.74, 6) is 0.578. The lowest BCUT2D eigenvalue weighted by atomic mass is 9.99. The Morgan fingerprint density at radius 2 is 1.89 bits per heavy atom. The number of pyridine rings is 1. The molecule has 38 heavy (non-hydrogen) atoms. The fourth-order valence-electron chi connectivity index (χ4n) is 4.54. The second-order valence-electron chi connectivity index (χ2n) is 9.86. The molecule has 2 amide bonds. The third kappa shape index (κ3) is 6.14. The van der Waals surface area contributed by atoms with Gasteiger partial charge in [0.2, 0.25) is 11.8 Å². The van der Waals surface area contributed by atoms with E-state index in [9.17, 15) is 14.7 Å². The Balaban J connectivity index is 1.63. The van der Waals surface area contributed by atoms with Gasteiger partial charge < -0.3 is 24.4 Å². The van der Waals surface area contributed by atoms with E-state index < -0.39 is 12.1 Å². The van der Waals surface area contributed by atoms with Crippen LogP contribution in [0.3, 0.4) is 0 Å². The summed E-state index contributed by atoms with van der Waals surface area (Å²) in [4.78, 5) is 34.5. The summed E-state index contributed by atoms with van der Waals surface area (Å²) in [7, 11) is 3.37. The predicted octanol–water partition coefficient (Wildman–Crippen LogP) is 3.68. The first kappa shape index (κ1) is 27.1. The van der Waals surface area contributed by atoms with Crippen molar-refractivity contribution >= 4 is 11.8 Å². The maximum absolute atomic E-state index is 13.7. The Hall–Kier alpha value is -3.91. The van der Waals surface area contributed by atoms with Gasteiger partial charge in [-0.3, -0.25) is 9.59 Å². The van der Waals surface area contributed by atoms with E-state index in [4.69, 9.17) is 9.47 Å². The lowest BCUT2D eigenvalue weighted by molar-refractivity contribution is -0.130. The molecule has 3 atom stereocenters. The van der Waals surface area contributed by atoms with Gasteiger partial charge in [-0.1, -0.05) is 49.4 Å². The van der Waals surface area contributed by atoms with Crippen LogP contribution in [-0.4, -0.2) is 77.7 Å². The van der Waals surface area contributed by atoms with Crippen molar-refractivity contribution in [3.05, 3.63) is 78.0 Å². The topological polar surface area (TPSA) is 92.2 Å². The number of aliphatic hydroxyl groups is 1. The molecule has 0 saturated carbocycles. The molecule has 0 fully saturated rings. The minimum Gasteiger partial charge on any atom is -0.497 e. The molecular formula is C30H35N3O5. The number of rotatable bonds is 8. The number of hydrogen-bond donors (Lipinski definition) is 1. The van der Waals surface area contributed by atoms with Crippen LogP contribution in [0.15, 0.2) is 66.9 Å². The van der Waals surface area contributed by atoms with Crippen LogP contribution >= 0.6 is 0 Å². The minimum absolute atomic E-state index is 0.0197. The molecule has 2 aromatic carbocycles. The number of nitrogens with zero attached hydrogens (tertiary/aromatic N) is 3. The molecule has 0 aliphatic carbocycles. The average molecular weight is 518 g/mol. The molecule has 1 N–H and O–H groups in total. The lowest BCUT2D eigenvalue weighted by Crippen LogP contribution is -2.50. The summed E-state index contributed by atoms with van der Waals surface area (Å²) in [6.45, 7) is 4.35. The van der Waals surface area contributed by atoms with Gasteiger partial charge >= 0.3 is 0 Å². The summed E-state index contributed by atoms with van der Waals surface area (Å²) in [5, 5.41) is 9.90. The summed E-state index contributed by atoms with van der Waals surface area (Å²) in [6.07, 6.45) is 1.57. The van der Waals surface area contributed by atoms with Crippen molar-refractivity contribution < 1.29 is 24.2 Å². The molecule has 0 bridgehead atoms. The number of methoxy groups -OCH3 is 1. The van der Waals surface area contributed by atoms with Gasteiger partial charge in [-0.15, -0.1) is 0 Å². The highest BCUT2D eigenvalue weighted by molar-refractivity contribution is 5.98. The highest BCUT2D eigenvalue weighted by Gasteiger charge is 2.34. The quantitative estimate of drug-likeness (QED) is 0.490. The highest BCUT2D eigenvalue weighted by atomic mass is 16.5. The maximum Gasteiger partial charge on any atom is 0.259 e. The van der Waals surface area contributed by atoms with E-state index >= 15 is 0 Å². The SMILES string of the molecule is COc1ccc(-c2cnc3c(c2)C(=O)N([C@@H](C)CO)C[C@H](C)[C@H](CN(C)C(=O)Cc2ccccc2)O3)cc1. The molecule has 2 heterocycles. The first-order valence-corrected chi connectivity index (χ1v) is 12.8. The van der Waals surface area contributed by atoms with Crippen LogP contribution in [0.2, 0.25) is 0 Å². The van der Waals surface area contributed by atoms with Crippen LogP contribution in [0, 0.1) is 5.92 Å². The number of aliphatic hydroxyl groups excluding tert-OH is 1. The standard InChI is InChI=1S/C30H35N3O5/c1-20-17-33(21(2)19-34)30(36)26-15-24(23-10-12-25(37-4)13-11-23)16-31-29(26)38-27(20)18-32(3)28(35)14-22-8-6-5-7-9-22/h5-13,15-16,20-21,27,34H,14,17-19H2,1-4H3/t20-,21-,27-/m0/s1. The molecule has 1 aliphatic heterocycles. The van der Waals surface area contributed by atoms with Crippen molar-refractivity contribution in [1.82, 2.24) is 14.8 Å². The van der Waals surface area contributed by atoms with E-state index in [1.165, 1.54) is 0 Å². The average Bonchev–Trinajstić information content (AvgIpc) is 2.94. The summed E-state index contributed by atoms with van der Waals surface area (Å²) in [5.41, 5.74) is 2.92. The lowest BCUT2D eigenvalue weighted by Gasteiger charge is -2.37. The van der Waals surface area contributed by atoms with Crippen LogP contribution in [0.1, 0.15) is 29.8 Å². The van der Waals surface area contributed by atoms with Crippen LogP contribution in [0.25, 0.3) is 11.1 Å². The second-order valence-corrected chi connectivity index (χ2v) is 9.86. The van der Waals surface area contributed by atoms with Crippen molar-refractivity contribution in [2.75, 3.05) is 33.9 Å². The van der Waals surface area contributed by atoms with E-state index in [2.05, 4.69) is 4.98 Å². The normalized spacial score (nSPS) is 18.0. The molecule has 1 aromatic heterocycles. The van der Waals surface area contributed by atoms with Gasteiger partial charge in [-0.05, 0) is 36.2 Å². The first-order valence-electron chi connectivity index (χ1n) is 12.8. The number of benzene rings is 2. The zero-order chi connectivity index (χ0) is 27.2. The highest BCUT2D eigenvalue weighted by Crippen LogP contribution is 2.31. The van der Waals surface area contributed by atoms with Crippen LogP contribution < -0.4 is 9.47 Å². The minimum atomic E-state index is -0.403. The molecule has 200 valence electrons. The van der Waals surface area contributed by atoms with Crippen molar-refractivity contribution in [3.8, 4) is 22.8 Å². The van der Waals surface area contributed by atoms with Gasteiger partial charge in [0.1, 0.15) is 17.4 Å². The fourth-order valence-corrected chi connectivity index (χ4v) is 4.54. The Morgan fingerprint density at radius 3 is 2.55 bits per heavy atom. The Labute approximate surface area is 223 Å². The molecule has 1 aliphatic rings. The number of hydrogen-bond acceptors (Lipinski definition) is 6. The molecule has 0 radical (unpaired) electrons. The Bertz CT molecular complexity index is 1250. The summed E-state index contributed by atoms with van der Waals surface area (Å²) < 4.78 is 11.6. The van der Waals surface area contributed by atoms with E-state index in [1.807, 2.05) is 68.4 Å². The van der Waals surface area contributed by atoms with Gasteiger partial charge in [0.05, 0.1) is 32.7 Å². The van der Waals surface area contributed by atoms with Gasteiger partial charge in [-0.2, -0.15) is 0 Å². The number of amides is 2.